The third-order valence-corrected chi connectivity index (χ3v) is 3.13. The minimum atomic E-state index is -0.0729. The molecule has 0 saturated carbocycles. The largest absolute Gasteiger partial charge is 0.325 e. The molecule has 0 aliphatic rings. The van der Waals surface area contributed by atoms with Gasteiger partial charge >= 0.3 is 0 Å². The maximum Gasteiger partial charge on any atom is 0.156 e. The quantitative estimate of drug-likeness (QED) is 0.864. The van der Waals surface area contributed by atoms with Gasteiger partial charge in [-0.05, 0) is 6.07 Å². The summed E-state index contributed by atoms with van der Waals surface area (Å²) in [4.78, 5) is 4.59. The lowest BCUT2D eigenvalue weighted by Crippen LogP contribution is -2.16. The summed E-state index contributed by atoms with van der Waals surface area (Å²) in [5.74, 6) is 0. The topological polar surface area (TPSA) is 43.3 Å². The maximum absolute atomic E-state index is 6.15. The van der Waals surface area contributed by atoms with Crippen LogP contribution in [0.5, 0.6) is 0 Å². The Hall–Kier alpha value is -0.770. The van der Waals surface area contributed by atoms with Crippen LogP contribution < -0.4 is 5.73 Å². The molecule has 3 nitrogen and oxygen atoms in total. The molecule has 17 heavy (non-hydrogen) atoms. The number of nitrogens with two attached hydrogens (primary N) is 1. The van der Waals surface area contributed by atoms with Crippen LogP contribution in [0, 0.1) is 0 Å². The molecule has 0 aliphatic carbocycles. The SMILES string of the molecule is CC(C)(C)c1nc2c(Cl)cc(Cl)cn2c1CN. The number of hydrogen-bond donors (Lipinski definition) is 1. The highest BCUT2D eigenvalue weighted by atomic mass is 35.5. The minimum Gasteiger partial charge on any atom is -0.325 e. The molecule has 0 unspecified atom stereocenters. The third-order valence-electron chi connectivity index (χ3n) is 2.64. The van der Waals surface area contributed by atoms with Crippen molar-refractivity contribution in [2.24, 2.45) is 5.73 Å². The number of rotatable bonds is 1. The highest BCUT2D eigenvalue weighted by Crippen LogP contribution is 2.30. The van der Waals surface area contributed by atoms with Crippen LogP contribution in [0.3, 0.4) is 0 Å². The first-order valence-corrected chi connectivity index (χ1v) is 6.16. The number of imidazole rings is 1. The van der Waals surface area contributed by atoms with E-state index >= 15 is 0 Å². The molecule has 2 aromatic heterocycles. The van der Waals surface area contributed by atoms with E-state index in [2.05, 4.69) is 25.8 Å². The fourth-order valence-corrected chi connectivity index (χ4v) is 2.43. The van der Waals surface area contributed by atoms with Gasteiger partial charge in [-0.25, -0.2) is 4.98 Å². The Labute approximate surface area is 111 Å². The monoisotopic (exact) mass is 271 g/mol. The van der Waals surface area contributed by atoms with Crippen LogP contribution in [-0.2, 0) is 12.0 Å². The highest BCUT2D eigenvalue weighted by molar-refractivity contribution is 6.36. The van der Waals surface area contributed by atoms with Crippen molar-refractivity contribution in [3.63, 3.8) is 0 Å². The molecule has 0 aliphatic heterocycles. The van der Waals surface area contributed by atoms with E-state index in [1.54, 1.807) is 12.3 Å². The zero-order valence-electron chi connectivity index (χ0n) is 10.1. The Morgan fingerprint density at radius 3 is 2.53 bits per heavy atom. The van der Waals surface area contributed by atoms with Gasteiger partial charge in [0, 0.05) is 18.2 Å². The van der Waals surface area contributed by atoms with Crippen molar-refractivity contribution in [3.8, 4) is 0 Å². The van der Waals surface area contributed by atoms with Crippen molar-refractivity contribution >= 4 is 28.8 Å². The van der Waals surface area contributed by atoms with Crippen molar-refractivity contribution in [1.82, 2.24) is 9.38 Å². The first kappa shape index (κ1) is 12.7. The molecule has 0 spiro atoms. The van der Waals surface area contributed by atoms with E-state index < -0.39 is 0 Å². The normalized spacial score (nSPS) is 12.4. The molecule has 0 amide bonds. The van der Waals surface area contributed by atoms with E-state index in [9.17, 15) is 0 Å². The van der Waals surface area contributed by atoms with Gasteiger partial charge in [0.1, 0.15) is 0 Å². The predicted octanol–water partition coefficient (Wildman–Crippen LogP) is 3.40. The summed E-state index contributed by atoms with van der Waals surface area (Å²) in [5, 5.41) is 1.12. The number of aromatic nitrogens is 2. The third kappa shape index (κ3) is 2.15. The molecule has 5 heteroatoms. The van der Waals surface area contributed by atoms with Crippen LogP contribution in [-0.4, -0.2) is 9.38 Å². The molecule has 0 radical (unpaired) electrons. The van der Waals surface area contributed by atoms with Gasteiger partial charge in [0.2, 0.25) is 0 Å². The Kier molecular flexibility index (Phi) is 3.10. The van der Waals surface area contributed by atoms with Crippen molar-refractivity contribution in [2.45, 2.75) is 32.7 Å². The summed E-state index contributed by atoms with van der Waals surface area (Å²) in [7, 11) is 0. The van der Waals surface area contributed by atoms with Crippen molar-refractivity contribution in [2.75, 3.05) is 0 Å². The number of fused-ring (bicyclic) bond motifs is 1. The Morgan fingerprint density at radius 1 is 1.35 bits per heavy atom. The van der Waals surface area contributed by atoms with E-state index in [0.29, 0.717) is 22.2 Å². The van der Waals surface area contributed by atoms with Crippen LogP contribution in [0.1, 0.15) is 32.2 Å². The van der Waals surface area contributed by atoms with Crippen LogP contribution >= 0.6 is 23.2 Å². The lowest BCUT2D eigenvalue weighted by molar-refractivity contribution is 0.564. The van der Waals surface area contributed by atoms with Crippen molar-refractivity contribution in [3.05, 3.63) is 33.7 Å². The first-order chi connectivity index (χ1) is 7.84. The van der Waals surface area contributed by atoms with Gasteiger partial charge in [-0.3, -0.25) is 4.40 Å². The van der Waals surface area contributed by atoms with Crippen LogP contribution in [0.2, 0.25) is 10.0 Å². The van der Waals surface area contributed by atoms with E-state index in [1.807, 2.05) is 4.40 Å². The molecule has 2 heterocycles. The van der Waals surface area contributed by atoms with E-state index in [0.717, 1.165) is 11.4 Å². The highest BCUT2D eigenvalue weighted by Gasteiger charge is 2.24. The molecule has 0 fully saturated rings. The van der Waals surface area contributed by atoms with Crippen LogP contribution in [0.25, 0.3) is 5.65 Å². The molecular weight excluding hydrogens is 257 g/mol. The summed E-state index contributed by atoms with van der Waals surface area (Å²) in [6, 6.07) is 1.69. The summed E-state index contributed by atoms with van der Waals surface area (Å²) in [6.07, 6.45) is 1.80. The number of hydrogen-bond acceptors (Lipinski definition) is 2. The number of nitrogens with zero attached hydrogens (tertiary/aromatic N) is 2. The van der Waals surface area contributed by atoms with E-state index in [-0.39, 0.29) is 5.41 Å². The summed E-state index contributed by atoms with van der Waals surface area (Å²) < 4.78 is 1.88. The average molecular weight is 272 g/mol. The van der Waals surface area contributed by atoms with Gasteiger partial charge in [-0.1, -0.05) is 44.0 Å². The second kappa shape index (κ2) is 4.16. The Balaban J connectivity index is 2.85. The fraction of sp³-hybridized carbons (Fsp3) is 0.417. The predicted molar refractivity (Wildman–Crippen MR) is 71.8 cm³/mol. The Morgan fingerprint density at radius 2 is 2.00 bits per heavy atom. The van der Waals surface area contributed by atoms with Crippen molar-refractivity contribution in [1.29, 1.82) is 0 Å². The summed E-state index contributed by atoms with van der Waals surface area (Å²) in [5.41, 5.74) is 8.37. The zero-order valence-corrected chi connectivity index (χ0v) is 11.6. The number of pyridine rings is 1. The van der Waals surface area contributed by atoms with Gasteiger partial charge in [0.15, 0.2) is 5.65 Å². The lowest BCUT2D eigenvalue weighted by atomic mass is 9.91. The smallest absolute Gasteiger partial charge is 0.156 e. The molecule has 2 rings (SSSR count). The molecular formula is C12H15Cl2N3. The van der Waals surface area contributed by atoms with Crippen LogP contribution in [0.15, 0.2) is 12.3 Å². The summed E-state index contributed by atoms with van der Waals surface area (Å²) in [6.45, 7) is 6.71. The standard InChI is InChI=1S/C12H15Cl2N3/c1-12(2,3)10-9(5-15)17-6-7(13)4-8(14)11(17)16-10/h4,6H,5,15H2,1-3H3. The fourth-order valence-electron chi connectivity index (χ4n) is 1.92. The minimum absolute atomic E-state index is 0.0729. The molecule has 2 aromatic rings. The molecule has 2 N–H and O–H groups in total. The molecule has 92 valence electrons. The van der Waals surface area contributed by atoms with Gasteiger partial charge < -0.3 is 5.73 Å². The zero-order chi connectivity index (χ0) is 12.8. The van der Waals surface area contributed by atoms with Gasteiger partial charge in [-0.2, -0.15) is 0 Å². The molecule has 0 aromatic carbocycles. The van der Waals surface area contributed by atoms with Gasteiger partial charge in [0.25, 0.3) is 0 Å². The lowest BCUT2D eigenvalue weighted by Gasteiger charge is -2.17. The number of halogens is 2. The van der Waals surface area contributed by atoms with Gasteiger partial charge in [0.05, 0.1) is 21.4 Å². The maximum atomic E-state index is 6.15. The second-order valence-electron chi connectivity index (χ2n) is 5.06. The first-order valence-electron chi connectivity index (χ1n) is 5.41. The molecule has 0 saturated heterocycles. The van der Waals surface area contributed by atoms with E-state index in [4.69, 9.17) is 28.9 Å². The average Bonchev–Trinajstić information content (AvgIpc) is 2.55. The molecule has 0 bridgehead atoms. The van der Waals surface area contributed by atoms with E-state index in [1.165, 1.54) is 0 Å². The Bertz CT molecular complexity index is 567. The summed E-state index contributed by atoms with van der Waals surface area (Å²) >= 11 is 12.1. The van der Waals surface area contributed by atoms with Crippen molar-refractivity contribution < 1.29 is 0 Å². The molecule has 0 atom stereocenters. The second-order valence-corrected chi connectivity index (χ2v) is 5.90. The van der Waals surface area contributed by atoms with Crippen LogP contribution in [0.4, 0.5) is 0 Å². The van der Waals surface area contributed by atoms with Gasteiger partial charge in [-0.15, -0.1) is 0 Å².